The molecule has 6 heteroatoms. The molecule has 4 nitrogen and oxygen atoms in total. The Hall–Kier alpha value is -2.24. The lowest BCUT2D eigenvalue weighted by atomic mass is 10.1. The Morgan fingerprint density at radius 3 is 2.57 bits per heavy atom. The van der Waals surface area contributed by atoms with Crippen LogP contribution < -0.4 is 9.47 Å². The fourth-order valence-electron chi connectivity index (χ4n) is 2.58. The van der Waals surface area contributed by atoms with Crippen LogP contribution in [0.15, 0.2) is 53.7 Å². The van der Waals surface area contributed by atoms with Crippen molar-refractivity contribution in [2.75, 3.05) is 7.11 Å². The van der Waals surface area contributed by atoms with Gasteiger partial charge in [-0.05, 0) is 48.2 Å². The zero-order valence-corrected chi connectivity index (χ0v) is 18.0. The van der Waals surface area contributed by atoms with Gasteiger partial charge in [-0.1, -0.05) is 55.4 Å². The van der Waals surface area contributed by atoms with Crippen LogP contribution in [-0.2, 0) is 5.75 Å². The minimum absolute atomic E-state index is 0.260. The normalized spacial score (nSPS) is 10.9. The largest absolute Gasteiger partial charge is 0.493 e. The van der Waals surface area contributed by atoms with Gasteiger partial charge in [-0.25, -0.2) is 4.98 Å². The molecular formula is C22H23ClN2O2S. The van der Waals surface area contributed by atoms with Crippen molar-refractivity contribution in [3.05, 3.63) is 70.4 Å². The van der Waals surface area contributed by atoms with Crippen LogP contribution in [-0.4, -0.2) is 17.1 Å². The third-order valence-electron chi connectivity index (χ3n) is 4.08. The SMILES string of the molecule is COc1cc(C)ccc1Oc1cc(C(C)C)nc(SCc2cccc(Cl)c2)n1. The van der Waals surface area contributed by atoms with Gasteiger partial charge in [0.1, 0.15) is 0 Å². The summed E-state index contributed by atoms with van der Waals surface area (Å²) in [6.07, 6.45) is 0. The van der Waals surface area contributed by atoms with Crippen LogP contribution in [0, 0.1) is 6.92 Å². The fraction of sp³-hybridized carbons (Fsp3) is 0.273. The molecule has 0 aliphatic carbocycles. The molecular weight excluding hydrogens is 392 g/mol. The maximum atomic E-state index is 6.08. The Morgan fingerprint density at radius 2 is 1.86 bits per heavy atom. The molecule has 146 valence electrons. The van der Waals surface area contributed by atoms with E-state index in [4.69, 9.17) is 21.1 Å². The number of aryl methyl sites for hydroxylation is 1. The van der Waals surface area contributed by atoms with Gasteiger partial charge in [0.15, 0.2) is 16.7 Å². The number of hydrogen-bond donors (Lipinski definition) is 0. The zero-order valence-electron chi connectivity index (χ0n) is 16.4. The predicted molar refractivity (Wildman–Crippen MR) is 115 cm³/mol. The summed E-state index contributed by atoms with van der Waals surface area (Å²) < 4.78 is 11.5. The number of hydrogen-bond acceptors (Lipinski definition) is 5. The lowest BCUT2D eigenvalue weighted by Gasteiger charge is -2.13. The van der Waals surface area contributed by atoms with E-state index in [0.717, 1.165) is 27.6 Å². The highest BCUT2D eigenvalue weighted by Crippen LogP contribution is 2.33. The summed E-state index contributed by atoms with van der Waals surface area (Å²) in [7, 11) is 1.63. The first kappa shape index (κ1) is 20.5. The Labute approximate surface area is 175 Å². The molecule has 28 heavy (non-hydrogen) atoms. The predicted octanol–water partition coefficient (Wildman–Crippen LogP) is 6.66. The molecule has 0 radical (unpaired) electrons. The first-order valence-electron chi connectivity index (χ1n) is 9.03. The van der Waals surface area contributed by atoms with Crippen molar-refractivity contribution in [3.63, 3.8) is 0 Å². The molecule has 2 aromatic carbocycles. The number of rotatable bonds is 7. The number of methoxy groups -OCH3 is 1. The van der Waals surface area contributed by atoms with Crippen molar-refractivity contribution >= 4 is 23.4 Å². The molecule has 0 amide bonds. The van der Waals surface area contributed by atoms with Crippen LogP contribution in [0.25, 0.3) is 0 Å². The van der Waals surface area contributed by atoms with Crippen LogP contribution in [0.4, 0.5) is 0 Å². The van der Waals surface area contributed by atoms with Crippen molar-refractivity contribution < 1.29 is 9.47 Å². The lowest BCUT2D eigenvalue weighted by molar-refractivity contribution is 0.371. The highest BCUT2D eigenvalue weighted by Gasteiger charge is 2.13. The third-order valence-corrected chi connectivity index (χ3v) is 5.24. The minimum atomic E-state index is 0.260. The molecule has 1 aromatic heterocycles. The van der Waals surface area contributed by atoms with Gasteiger partial charge >= 0.3 is 0 Å². The molecule has 3 rings (SSSR count). The number of halogens is 1. The average Bonchev–Trinajstić information content (AvgIpc) is 2.67. The van der Waals surface area contributed by atoms with E-state index >= 15 is 0 Å². The quantitative estimate of drug-likeness (QED) is 0.319. The molecule has 0 saturated heterocycles. The first-order valence-corrected chi connectivity index (χ1v) is 10.4. The van der Waals surface area contributed by atoms with E-state index in [1.165, 1.54) is 0 Å². The van der Waals surface area contributed by atoms with E-state index in [2.05, 4.69) is 23.8 Å². The summed E-state index contributed by atoms with van der Waals surface area (Å²) in [5.74, 6) is 2.81. The van der Waals surface area contributed by atoms with E-state index in [1.54, 1.807) is 18.9 Å². The molecule has 1 heterocycles. The Bertz CT molecular complexity index is 963. The van der Waals surface area contributed by atoms with Crippen LogP contribution in [0.1, 0.15) is 36.6 Å². The molecule has 0 fully saturated rings. The Morgan fingerprint density at radius 1 is 1.04 bits per heavy atom. The molecule has 0 unspecified atom stereocenters. The second-order valence-corrected chi connectivity index (χ2v) is 8.12. The van der Waals surface area contributed by atoms with Gasteiger partial charge in [-0.15, -0.1) is 0 Å². The second kappa shape index (κ2) is 9.30. The molecule has 0 aliphatic heterocycles. The lowest BCUT2D eigenvalue weighted by Crippen LogP contribution is -2.00. The zero-order chi connectivity index (χ0) is 20.1. The molecule has 0 N–H and O–H groups in total. The summed E-state index contributed by atoms with van der Waals surface area (Å²) >= 11 is 7.63. The molecule has 0 saturated carbocycles. The van der Waals surface area contributed by atoms with E-state index in [1.807, 2.05) is 55.5 Å². The van der Waals surface area contributed by atoms with Gasteiger partial charge in [0.05, 0.1) is 12.8 Å². The Balaban J connectivity index is 1.85. The van der Waals surface area contributed by atoms with Crippen LogP contribution in [0.5, 0.6) is 17.4 Å². The molecule has 0 spiro atoms. The topological polar surface area (TPSA) is 44.2 Å². The van der Waals surface area contributed by atoms with Gasteiger partial charge in [0.2, 0.25) is 5.88 Å². The first-order chi connectivity index (χ1) is 13.4. The number of thioether (sulfide) groups is 1. The van der Waals surface area contributed by atoms with E-state index in [-0.39, 0.29) is 5.92 Å². The second-order valence-electron chi connectivity index (χ2n) is 6.74. The summed E-state index contributed by atoms with van der Waals surface area (Å²) in [5, 5.41) is 1.40. The highest BCUT2D eigenvalue weighted by atomic mass is 35.5. The third kappa shape index (κ3) is 5.40. The summed E-state index contributed by atoms with van der Waals surface area (Å²) in [5.41, 5.74) is 3.16. The Kier molecular flexibility index (Phi) is 6.81. The molecule has 3 aromatic rings. The summed E-state index contributed by atoms with van der Waals surface area (Å²) in [6.45, 7) is 6.21. The number of nitrogens with zero attached hydrogens (tertiary/aromatic N) is 2. The van der Waals surface area contributed by atoms with Gasteiger partial charge < -0.3 is 9.47 Å². The highest BCUT2D eigenvalue weighted by molar-refractivity contribution is 7.98. The minimum Gasteiger partial charge on any atom is -0.493 e. The van der Waals surface area contributed by atoms with Crippen molar-refractivity contribution in [1.82, 2.24) is 9.97 Å². The average molecular weight is 415 g/mol. The molecule has 0 bridgehead atoms. The van der Waals surface area contributed by atoms with Crippen molar-refractivity contribution in [2.45, 2.75) is 37.6 Å². The maximum Gasteiger partial charge on any atom is 0.223 e. The molecule has 0 atom stereocenters. The van der Waals surface area contributed by atoms with Gasteiger partial charge in [-0.3, -0.25) is 0 Å². The van der Waals surface area contributed by atoms with Crippen LogP contribution >= 0.6 is 23.4 Å². The van der Waals surface area contributed by atoms with E-state index in [0.29, 0.717) is 22.5 Å². The van der Waals surface area contributed by atoms with Crippen molar-refractivity contribution in [3.8, 4) is 17.4 Å². The van der Waals surface area contributed by atoms with Gasteiger partial charge in [0, 0.05) is 16.8 Å². The maximum absolute atomic E-state index is 6.08. The number of benzene rings is 2. The van der Waals surface area contributed by atoms with Gasteiger partial charge in [-0.2, -0.15) is 4.98 Å². The van der Waals surface area contributed by atoms with Gasteiger partial charge in [0.25, 0.3) is 0 Å². The van der Waals surface area contributed by atoms with Crippen LogP contribution in [0.2, 0.25) is 5.02 Å². The van der Waals surface area contributed by atoms with E-state index in [9.17, 15) is 0 Å². The van der Waals surface area contributed by atoms with Crippen molar-refractivity contribution in [2.24, 2.45) is 0 Å². The molecule has 0 aliphatic rings. The standard InChI is InChI=1S/C22H23ClN2O2S/c1-14(2)18-12-21(27-19-9-8-15(3)10-20(19)26-4)25-22(24-18)28-13-16-6-5-7-17(23)11-16/h5-12,14H,13H2,1-4H3. The smallest absolute Gasteiger partial charge is 0.223 e. The summed E-state index contributed by atoms with van der Waals surface area (Å²) in [6, 6.07) is 15.5. The van der Waals surface area contributed by atoms with Crippen LogP contribution in [0.3, 0.4) is 0 Å². The number of aromatic nitrogens is 2. The summed E-state index contributed by atoms with van der Waals surface area (Å²) in [4.78, 5) is 9.26. The monoisotopic (exact) mass is 414 g/mol. The fourth-order valence-corrected chi connectivity index (χ4v) is 3.59. The van der Waals surface area contributed by atoms with Crippen molar-refractivity contribution in [1.29, 1.82) is 0 Å². The van der Waals surface area contributed by atoms with E-state index < -0.39 is 0 Å². The number of ether oxygens (including phenoxy) is 2.